The van der Waals surface area contributed by atoms with Gasteiger partial charge in [0.15, 0.2) is 0 Å². The van der Waals surface area contributed by atoms with Crippen molar-refractivity contribution in [1.29, 1.82) is 0 Å². The van der Waals surface area contributed by atoms with Gasteiger partial charge in [0.25, 0.3) is 0 Å². The minimum Gasteiger partial charge on any atom is -0.383 e. The summed E-state index contributed by atoms with van der Waals surface area (Å²) in [6.07, 6.45) is 6.06. The SMILES string of the molecule is CCC(C)N(CC(=O)N(CCOC)Cc1cccn1C)C(=O)C=Cc1ccccc1. The molecule has 0 fully saturated rings. The van der Waals surface area contributed by atoms with E-state index in [1.54, 1.807) is 29.1 Å². The molecule has 0 saturated carbocycles. The van der Waals surface area contributed by atoms with Gasteiger partial charge in [0.05, 0.1) is 13.2 Å². The monoisotopic (exact) mass is 411 g/mol. The van der Waals surface area contributed by atoms with E-state index in [-0.39, 0.29) is 24.4 Å². The van der Waals surface area contributed by atoms with Crippen LogP contribution in [0.2, 0.25) is 0 Å². The van der Waals surface area contributed by atoms with Gasteiger partial charge in [-0.05, 0) is 37.1 Å². The number of ether oxygens (including phenoxy) is 1. The largest absolute Gasteiger partial charge is 0.383 e. The van der Waals surface area contributed by atoms with E-state index in [0.29, 0.717) is 19.7 Å². The van der Waals surface area contributed by atoms with Crippen LogP contribution in [0.3, 0.4) is 0 Å². The summed E-state index contributed by atoms with van der Waals surface area (Å²) in [7, 11) is 3.58. The summed E-state index contributed by atoms with van der Waals surface area (Å²) in [6, 6.07) is 13.6. The van der Waals surface area contributed by atoms with E-state index >= 15 is 0 Å². The van der Waals surface area contributed by atoms with Gasteiger partial charge in [-0.3, -0.25) is 9.59 Å². The van der Waals surface area contributed by atoms with E-state index in [0.717, 1.165) is 17.7 Å². The third-order valence-electron chi connectivity index (χ3n) is 5.25. The van der Waals surface area contributed by atoms with Crippen LogP contribution in [0.25, 0.3) is 6.08 Å². The van der Waals surface area contributed by atoms with Crippen LogP contribution in [0.15, 0.2) is 54.7 Å². The van der Waals surface area contributed by atoms with Gasteiger partial charge in [0, 0.05) is 44.7 Å². The Balaban J connectivity index is 2.13. The van der Waals surface area contributed by atoms with Gasteiger partial charge < -0.3 is 19.1 Å². The fraction of sp³-hybridized carbons (Fsp3) is 0.417. The number of methoxy groups -OCH3 is 1. The molecule has 2 rings (SSSR count). The summed E-state index contributed by atoms with van der Waals surface area (Å²) >= 11 is 0. The van der Waals surface area contributed by atoms with Gasteiger partial charge in [0.1, 0.15) is 6.54 Å². The van der Waals surface area contributed by atoms with Crippen molar-refractivity contribution in [2.75, 3.05) is 26.8 Å². The summed E-state index contributed by atoms with van der Waals surface area (Å²) in [5, 5.41) is 0. The minimum absolute atomic E-state index is 0.0406. The fourth-order valence-corrected chi connectivity index (χ4v) is 3.09. The highest BCUT2D eigenvalue weighted by molar-refractivity contribution is 5.94. The number of nitrogens with zero attached hydrogens (tertiary/aromatic N) is 3. The number of hydrogen-bond acceptors (Lipinski definition) is 3. The summed E-state index contributed by atoms with van der Waals surface area (Å²) < 4.78 is 7.18. The van der Waals surface area contributed by atoms with Crippen LogP contribution in [0, 0.1) is 0 Å². The average Bonchev–Trinajstić information content (AvgIpc) is 3.17. The minimum atomic E-state index is -0.160. The molecule has 1 heterocycles. The molecule has 1 aromatic carbocycles. The highest BCUT2D eigenvalue weighted by Gasteiger charge is 2.24. The maximum Gasteiger partial charge on any atom is 0.247 e. The molecular formula is C24H33N3O3. The molecule has 1 unspecified atom stereocenters. The topological polar surface area (TPSA) is 54.8 Å². The molecule has 0 saturated heterocycles. The van der Waals surface area contributed by atoms with Gasteiger partial charge in [-0.2, -0.15) is 0 Å². The van der Waals surface area contributed by atoms with Crippen molar-refractivity contribution in [3.8, 4) is 0 Å². The maximum atomic E-state index is 13.1. The summed E-state index contributed by atoms with van der Waals surface area (Å²) in [4.78, 5) is 29.4. The number of carbonyl (C=O) groups is 2. The maximum absolute atomic E-state index is 13.1. The number of carbonyl (C=O) groups excluding carboxylic acids is 2. The van der Waals surface area contributed by atoms with Crippen LogP contribution in [0.4, 0.5) is 0 Å². The second kappa shape index (κ2) is 12.0. The zero-order chi connectivity index (χ0) is 21.9. The third kappa shape index (κ3) is 6.88. The smallest absolute Gasteiger partial charge is 0.247 e. The quantitative estimate of drug-likeness (QED) is 0.533. The van der Waals surface area contributed by atoms with Crippen molar-refractivity contribution < 1.29 is 14.3 Å². The van der Waals surface area contributed by atoms with Crippen molar-refractivity contribution in [3.05, 3.63) is 66.0 Å². The molecule has 0 bridgehead atoms. The van der Waals surface area contributed by atoms with Crippen LogP contribution in [0.5, 0.6) is 0 Å². The van der Waals surface area contributed by atoms with Crippen LogP contribution >= 0.6 is 0 Å². The molecule has 6 heteroatoms. The lowest BCUT2D eigenvalue weighted by Crippen LogP contribution is -2.46. The third-order valence-corrected chi connectivity index (χ3v) is 5.25. The van der Waals surface area contributed by atoms with E-state index < -0.39 is 0 Å². The van der Waals surface area contributed by atoms with Gasteiger partial charge in [-0.25, -0.2) is 0 Å². The Kier molecular flexibility index (Phi) is 9.35. The number of hydrogen-bond donors (Lipinski definition) is 0. The number of rotatable bonds is 11. The second-order valence-corrected chi connectivity index (χ2v) is 7.39. The van der Waals surface area contributed by atoms with Crippen LogP contribution < -0.4 is 0 Å². The van der Waals surface area contributed by atoms with Crippen molar-refractivity contribution in [3.63, 3.8) is 0 Å². The Morgan fingerprint density at radius 2 is 1.90 bits per heavy atom. The highest BCUT2D eigenvalue weighted by atomic mass is 16.5. The fourth-order valence-electron chi connectivity index (χ4n) is 3.09. The molecular weight excluding hydrogens is 378 g/mol. The molecule has 0 spiro atoms. The first-order valence-corrected chi connectivity index (χ1v) is 10.4. The Morgan fingerprint density at radius 3 is 2.50 bits per heavy atom. The van der Waals surface area contributed by atoms with Crippen LogP contribution in [-0.2, 0) is 27.9 Å². The predicted octanol–water partition coefficient (Wildman–Crippen LogP) is 3.34. The van der Waals surface area contributed by atoms with Gasteiger partial charge >= 0.3 is 0 Å². The van der Waals surface area contributed by atoms with E-state index in [2.05, 4.69) is 0 Å². The van der Waals surface area contributed by atoms with E-state index in [1.807, 2.05) is 74.1 Å². The van der Waals surface area contributed by atoms with E-state index in [4.69, 9.17) is 4.74 Å². The number of aromatic nitrogens is 1. The van der Waals surface area contributed by atoms with E-state index in [1.165, 1.54) is 0 Å². The first kappa shape index (κ1) is 23.4. The summed E-state index contributed by atoms with van der Waals surface area (Å²) in [6.45, 7) is 5.43. The summed E-state index contributed by atoms with van der Waals surface area (Å²) in [5.74, 6) is -0.248. The predicted molar refractivity (Wildman–Crippen MR) is 120 cm³/mol. The zero-order valence-electron chi connectivity index (χ0n) is 18.5. The molecule has 6 nitrogen and oxygen atoms in total. The highest BCUT2D eigenvalue weighted by Crippen LogP contribution is 2.11. The molecule has 1 aromatic heterocycles. The Morgan fingerprint density at radius 1 is 1.17 bits per heavy atom. The Bertz CT molecular complexity index is 829. The van der Waals surface area contributed by atoms with Crippen molar-refractivity contribution in [2.24, 2.45) is 7.05 Å². The van der Waals surface area contributed by atoms with Crippen LogP contribution in [0.1, 0.15) is 31.5 Å². The molecule has 1 atom stereocenters. The molecule has 2 aromatic rings. The Hall–Kier alpha value is -2.86. The lowest BCUT2D eigenvalue weighted by atomic mass is 10.2. The second-order valence-electron chi connectivity index (χ2n) is 7.39. The normalized spacial score (nSPS) is 12.1. The van der Waals surface area contributed by atoms with Gasteiger partial charge in [-0.1, -0.05) is 37.3 Å². The molecule has 2 amide bonds. The number of aryl methyl sites for hydroxylation is 1. The molecule has 0 aliphatic rings. The average molecular weight is 412 g/mol. The molecule has 0 N–H and O–H groups in total. The molecule has 162 valence electrons. The van der Waals surface area contributed by atoms with Gasteiger partial charge in [-0.15, -0.1) is 0 Å². The molecule has 0 aliphatic heterocycles. The molecule has 0 aliphatic carbocycles. The van der Waals surface area contributed by atoms with Gasteiger partial charge in [0.2, 0.25) is 11.8 Å². The van der Waals surface area contributed by atoms with E-state index in [9.17, 15) is 9.59 Å². The van der Waals surface area contributed by atoms with Crippen molar-refractivity contribution in [1.82, 2.24) is 14.4 Å². The molecule has 30 heavy (non-hydrogen) atoms. The molecule has 0 radical (unpaired) electrons. The summed E-state index contributed by atoms with van der Waals surface area (Å²) in [5.41, 5.74) is 1.98. The lowest BCUT2D eigenvalue weighted by Gasteiger charge is -2.30. The first-order valence-electron chi connectivity index (χ1n) is 10.4. The Labute approximate surface area is 179 Å². The number of amides is 2. The van der Waals surface area contributed by atoms with Crippen molar-refractivity contribution >= 4 is 17.9 Å². The first-order chi connectivity index (χ1) is 14.5. The van der Waals surface area contributed by atoms with Crippen molar-refractivity contribution in [2.45, 2.75) is 32.9 Å². The zero-order valence-corrected chi connectivity index (χ0v) is 18.5. The number of benzene rings is 1. The standard InChI is InChI=1S/C24H33N3O3/c1-5-20(2)27(23(28)14-13-21-10-7-6-8-11-21)19-24(29)26(16-17-30-4)18-22-12-9-15-25(22)3/h6-15,20H,5,16-19H2,1-4H3. The van der Waals surface area contributed by atoms with Crippen LogP contribution in [-0.4, -0.2) is 59.0 Å². The lowest BCUT2D eigenvalue weighted by molar-refractivity contribution is -0.140.